The normalized spacial score (nSPS) is 11.1. The predicted octanol–water partition coefficient (Wildman–Crippen LogP) is 3.77. The van der Waals surface area contributed by atoms with E-state index < -0.39 is 17.2 Å². The van der Waals surface area contributed by atoms with E-state index in [0.29, 0.717) is 0 Å². The minimum atomic E-state index is -0.794. The average molecular weight is 327 g/mol. The molecule has 0 spiro atoms. The molecule has 1 heterocycles. The lowest BCUT2D eigenvalue weighted by atomic mass is 10.1. The Morgan fingerprint density at radius 3 is 2.55 bits per heavy atom. The highest BCUT2D eigenvalue weighted by atomic mass is 35.5. The van der Waals surface area contributed by atoms with Crippen molar-refractivity contribution in [3.8, 4) is 11.3 Å². The molecule has 0 radical (unpaired) electrons. The molecule has 0 amide bonds. The highest BCUT2D eigenvalue weighted by Crippen LogP contribution is 2.34. The monoisotopic (exact) mass is 326 g/mol. The molecule has 2 aromatic rings. The molecule has 0 N–H and O–H groups in total. The Kier molecular flexibility index (Phi) is 4.92. The van der Waals surface area contributed by atoms with Crippen LogP contribution in [0.15, 0.2) is 34.1 Å². The molecule has 0 saturated carbocycles. The summed E-state index contributed by atoms with van der Waals surface area (Å²) in [4.78, 5) is 16.1. The number of methoxy groups -OCH3 is 1. The van der Waals surface area contributed by atoms with Crippen molar-refractivity contribution in [3.05, 3.63) is 51.3 Å². The molecule has 4 nitrogen and oxygen atoms in total. The summed E-state index contributed by atoms with van der Waals surface area (Å²) >= 11 is 5.88. The van der Waals surface area contributed by atoms with Gasteiger partial charge in [-0.25, -0.2) is 13.8 Å². The Balaban J connectivity index is 2.91. The van der Waals surface area contributed by atoms with Gasteiger partial charge in [-0.3, -0.25) is 4.79 Å². The van der Waals surface area contributed by atoms with Crippen LogP contribution in [0.2, 0.25) is 5.02 Å². The van der Waals surface area contributed by atoms with E-state index in [0.717, 1.165) is 18.5 Å². The van der Waals surface area contributed by atoms with Gasteiger partial charge in [-0.2, -0.15) is 0 Å². The third-order valence-corrected chi connectivity index (χ3v) is 3.31. The Labute approximate surface area is 130 Å². The van der Waals surface area contributed by atoms with Gasteiger partial charge in [-0.15, -0.1) is 0 Å². The van der Waals surface area contributed by atoms with Crippen LogP contribution in [0.3, 0.4) is 0 Å². The maximum atomic E-state index is 14.1. The van der Waals surface area contributed by atoms with Crippen LogP contribution >= 0.6 is 11.6 Å². The lowest BCUT2D eigenvalue weighted by molar-refractivity contribution is 0.423. The lowest BCUT2D eigenvalue weighted by Crippen LogP contribution is -2.22. The third kappa shape index (κ3) is 2.87. The van der Waals surface area contributed by atoms with E-state index in [1.807, 2.05) is 0 Å². The number of aliphatic imine (C=N–C) groups is 1. The third-order valence-electron chi connectivity index (χ3n) is 3.04. The van der Waals surface area contributed by atoms with E-state index in [9.17, 15) is 13.6 Å². The average Bonchev–Trinajstić information content (AvgIpc) is 2.49. The number of ether oxygens (including phenoxy) is 1. The second-order valence-corrected chi connectivity index (χ2v) is 4.75. The molecule has 0 unspecified atom stereocenters. The summed E-state index contributed by atoms with van der Waals surface area (Å²) in [6.45, 7) is 1.85. The van der Waals surface area contributed by atoms with Crippen LogP contribution in [-0.4, -0.2) is 18.1 Å². The topological polar surface area (TPSA) is 43.6 Å². The zero-order valence-electron chi connectivity index (χ0n) is 11.9. The number of nitrogens with zero attached hydrogens (tertiary/aromatic N) is 2. The highest BCUT2D eigenvalue weighted by molar-refractivity contribution is 6.30. The van der Waals surface area contributed by atoms with Crippen molar-refractivity contribution in [1.82, 2.24) is 4.57 Å². The fraction of sp³-hybridized carbons (Fsp3) is 0.200. The van der Waals surface area contributed by atoms with Gasteiger partial charge in [-0.1, -0.05) is 17.7 Å². The lowest BCUT2D eigenvalue weighted by Gasteiger charge is -2.15. The quantitative estimate of drug-likeness (QED) is 0.634. The van der Waals surface area contributed by atoms with Gasteiger partial charge in [0, 0.05) is 6.54 Å². The molecule has 2 rings (SSSR count). The zero-order valence-corrected chi connectivity index (χ0v) is 12.7. The van der Waals surface area contributed by atoms with Crippen LogP contribution in [0.5, 0.6) is 0 Å². The Morgan fingerprint density at radius 1 is 1.36 bits per heavy atom. The summed E-state index contributed by atoms with van der Waals surface area (Å²) in [5.74, 6) is -1.59. The molecule has 0 atom stereocenters. The number of hydrogen-bond acceptors (Lipinski definition) is 3. The van der Waals surface area contributed by atoms with Crippen molar-refractivity contribution in [2.75, 3.05) is 7.11 Å². The van der Waals surface area contributed by atoms with E-state index in [2.05, 4.69) is 4.99 Å². The number of rotatable bonds is 4. The van der Waals surface area contributed by atoms with E-state index in [-0.39, 0.29) is 28.5 Å². The van der Waals surface area contributed by atoms with Crippen molar-refractivity contribution in [2.24, 2.45) is 4.99 Å². The van der Waals surface area contributed by atoms with Crippen LogP contribution < -0.4 is 5.56 Å². The standard InChI is InChI=1S/C15H13ClF2N2O2/c1-3-20-14(13-10(17)5-4-6-11(13)18)12(19-8-22-2)7-9(16)15(20)21/h4-8H,3H2,1-2H3/b19-8-. The van der Waals surface area contributed by atoms with Gasteiger partial charge in [0.05, 0.1) is 24.1 Å². The number of benzene rings is 1. The first-order valence-corrected chi connectivity index (χ1v) is 6.82. The fourth-order valence-electron chi connectivity index (χ4n) is 2.12. The highest BCUT2D eigenvalue weighted by Gasteiger charge is 2.20. The molecule has 0 saturated heterocycles. The molecule has 1 aromatic heterocycles. The smallest absolute Gasteiger partial charge is 0.269 e. The Hall–Kier alpha value is -2.21. The van der Waals surface area contributed by atoms with E-state index in [4.69, 9.17) is 16.3 Å². The maximum absolute atomic E-state index is 14.1. The van der Waals surface area contributed by atoms with Gasteiger partial charge >= 0.3 is 0 Å². The molecular weight excluding hydrogens is 314 g/mol. The first-order valence-electron chi connectivity index (χ1n) is 6.44. The summed E-state index contributed by atoms with van der Waals surface area (Å²) < 4.78 is 34.1. The molecular formula is C15H13ClF2N2O2. The molecule has 0 aliphatic carbocycles. The first-order chi connectivity index (χ1) is 10.5. The van der Waals surface area contributed by atoms with Gasteiger partial charge in [-0.05, 0) is 25.1 Å². The molecule has 1 aromatic carbocycles. The van der Waals surface area contributed by atoms with Crippen LogP contribution in [0.4, 0.5) is 14.5 Å². The first kappa shape index (κ1) is 16.2. The van der Waals surface area contributed by atoms with Gasteiger partial charge in [0.2, 0.25) is 0 Å². The minimum Gasteiger partial charge on any atom is -0.486 e. The van der Waals surface area contributed by atoms with Gasteiger partial charge < -0.3 is 9.30 Å². The SMILES string of the molecule is CCn1c(-c2c(F)cccc2F)c(/N=C\OC)cc(Cl)c1=O. The maximum Gasteiger partial charge on any atom is 0.269 e. The largest absolute Gasteiger partial charge is 0.486 e. The van der Waals surface area contributed by atoms with Crippen LogP contribution in [0.25, 0.3) is 11.3 Å². The molecule has 7 heteroatoms. The van der Waals surface area contributed by atoms with Crippen molar-refractivity contribution in [1.29, 1.82) is 0 Å². The van der Waals surface area contributed by atoms with Crippen LogP contribution in [-0.2, 0) is 11.3 Å². The molecule has 0 aliphatic heterocycles. The number of pyridine rings is 1. The number of aromatic nitrogens is 1. The number of hydrogen-bond donors (Lipinski definition) is 0. The van der Waals surface area contributed by atoms with Crippen molar-refractivity contribution >= 4 is 23.7 Å². The Bertz CT molecular complexity index is 768. The van der Waals surface area contributed by atoms with Gasteiger partial charge in [0.15, 0.2) is 6.40 Å². The Morgan fingerprint density at radius 2 is 2.00 bits per heavy atom. The summed E-state index contributed by atoms with van der Waals surface area (Å²) in [7, 11) is 1.38. The molecule has 0 fully saturated rings. The van der Waals surface area contributed by atoms with Gasteiger partial charge in [0.1, 0.15) is 16.7 Å². The predicted molar refractivity (Wildman–Crippen MR) is 81.9 cm³/mol. The summed E-state index contributed by atoms with van der Waals surface area (Å²) in [5, 5.41) is -0.0920. The van der Waals surface area contributed by atoms with Crippen molar-refractivity contribution in [3.63, 3.8) is 0 Å². The second-order valence-electron chi connectivity index (χ2n) is 4.34. The van der Waals surface area contributed by atoms with E-state index in [1.54, 1.807) is 6.92 Å². The zero-order chi connectivity index (χ0) is 16.3. The van der Waals surface area contributed by atoms with E-state index in [1.165, 1.54) is 23.8 Å². The van der Waals surface area contributed by atoms with Crippen LogP contribution in [0.1, 0.15) is 6.92 Å². The summed E-state index contributed by atoms with van der Waals surface area (Å²) in [6, 6.07) is 4.73. The van der Waals surface area contributed by atoms with Crippen molar-refractivity contribution in [2.45, 2.75) is 13.5 Å². The molecule has 116 valence electrons. The number of halogens is 3. The minimum absolute atomic E-state index is 0.0146. The van der Waals surface area contributed by atoms with E-state index >= 15 is 0 Å². The van der Waals surface area contributed by atoms with Gasteiger partial charge in [0.25, 0.3) is 5.56 Å². The molecule has 0 bridgehead atoms. The summed E-state index contributed by atoms with van der Waals surface area (Å²) in [5.41, 5.74) is -0.724. The second kappa shape index (κ2) is 6.70. The van der Waals surface area contributed by atoms with Crippen LogP contribution in [0, 0.1) is 11.6 Å². The summed E-state index contributed by atoms with van der Waals surface area (Å²) in [6.07, 6.45) is 1.10. The fourth-order valence-corrected chi connectivity index (χ4v) is 2.32. The van der Waals surface area contributed by atoms with Crippen molar-refractivity contribution < 1.29 is 13.5 Å². The molecule has 22 heavy (non-hydrogen) atoms. The molecule has 0 aliphatic rings.